The Morgan fingerprint density at radius 3 is 2.55 bits per heavy atom. The summed E-state index contributed by atoms with van der Waals surface area (Å²) >= 11 is 0. The van der Waals surface area contributed by atoms with Crippen molar-refractivity contribution in [1.29, 1.82) is 0 Å². The van der Waals surface area contributed by atoms with E-state index in [1.54, 1.807) is 4.57 Å². The van der Waals surface area contributed by atoms with Gasteiger partial charge < -0.3 is 14.6 Å². The lowest BCUT2D eigenvalue weighted by Crippen LogP contribution is -2.30. The van der Waals surface area contributed by atoms with Gasteiger partial charge in [0, 0.05) is 19.0 Å². The van der Waals surface area contributed by atoms with Crippen molar-refractivity contribution in [2.75, 3.05) is 6.61 Å². The molecule has 1 saturated carbocycles. The van der Waals surface area contributed by atoms with Crippen LogP contribution < -0.4 is 10.9 Å². The van der Waals surface area contributed by atoms with E-state index in [-0.39, 0.29) is 37.0 Å². The second-order valence-electron chi connectivity index (χ2n) is 7.74. The number of esters is 1. The molecule has 160 valence electrons. The number of carbonyl (C=O) groups is 2. The summed E-state index contributed by atoms with van der Waals surface area (Å²) in [4.78, 5) is 41.3. The van der Waals surface area contributed by atoms with Crippen LogP contribution in [0.15, 0.2) is 59.4 Å². The van der Waals surface area contributed by atoms with E-state index in [1.807, 2.05) is 54.6 Å². The quantitative estimate of drug-likeness (QED) is 0.538. The highest BCUT2D eigenvalue weighted by molar-refractivity contribution is 5.81. The third-order valence-corrected chi connectivity index (χ3v) is 5.26. The first-order valence-electron chi connectivity index (χ1n) is 10.6. The van der Waals surface area contributed by atoms with E-state index in [4.69, 9.17) is 4.74 Å². The molecule has 3 aromatic rings. The number of fused-ring (bicyclic) bond motifs is 1. The van der Waals surface area contributed by atoms with Gasteiger partial charge in [-0.25, -0.2) is 4.98 Å². The molecule has 1 aromatic heterocycles. The van der Waals surface area contributed by atoms with E-state index in [1.165, 1.54) is 0 Å². The second-order valence-corrected chi connectivity index (χ2v) is 7.74. The second kappa shape index (κ2) is 9.55. The zero-order valence-electron chi connectivity index (χ0n) is 17.3. The number of aromatic nitrogens is 2. The van der Waals surface area contributed by atoms with Gasteiger partial charge in [-0.3, -0.25) is 14.4 Å². The van der Waals surface area contributed by atoms with Gasteiger partial charge in [0.25, 0.3) is 11.5 Å². The van der Waals surface area contributed by atoms with Crippen molar-refractivity contribution in [1.82, 2.24) is 14.9 Å². The summed E-state index contributed by atoms with van der Waals surface area (Å²) in [6, 6.07) is 17.7. The average Bonchev–Trinajstić information content (AvgIpc) is 3.60. The summed E-state index contributed by atoms with van der Waals surface area (Å²) in [5.74, 6) is -0.806. The molecule has 31 heavy (non-hydrogen) atoms. The van der Waals surface area contributed by atoms with E-state index in [2.05, 4.69) is 10.3 Å². The molecule has 1 aliphatic carbocycles. The van der Waals surface area contributed by atoms with Crippen molar-refractivity contribution >= 4 is 22.9 Å². The normalized spacial score (nSPS) is 13.2. The highest BCUT2D eigenvalue weighted by Gasteiger charge is 2.23. The van der Waals surface area contributed by atoms with Crippen LogP contribution in [0.1, 0.15) is 30.5 Å². The molecular weight excluding hydrogens is 394 g/mol. The molecule has 1 amide bonds. The minimum Gasteiger partial charge on any atom is -0.456 e. The smallest absolute Gasteiger partial charge is 0.306 e. The lowest BCUT2D eigenvalue weighted by atomic mass is 10.1. The lowest BCUT2D eigenvalue weighted by Gasteiger charge is -2.12. The Kier molecular flexibility index (Phi) is 6.40. The van der Waals surface area contributed by atoms with Gasteiger partial charge in [-0.05, 0) is 37.0 Å². The lowest BCUT2D eigenvalue weighted by molar-refractivity contribution is -0.148. The number of para-hydroxylation sites is 2. The van der Waals surface area contributed by atoms with Crippen LogP contribution in [0, 0.1) is 0 Å². The predicted molar refractivity (Wildman–Crippen MR) is 117 cm³/mol. The molecule has 0 radical (unpaired) electrons. The molecule has 4 rings (SSSR count). The predicted octanol–water partition coefficient (Wildman–Crippen LogP) is 2.39. The van der Waals surface area contributed by atoms with E-state index >= 15 is 0 Å². The highest BCUT2D eigenvalue weighted by atomic mass is 16.5. The third-order valence-electron chi connectivity index (χ3n) is 5.26. The molecule has 7 heteroatoms. The first-order valence-corrected chi connectivity index (χ1v) is 10.6. The van der Waals surface area contributed by atoms with Gasteiger partial charge in [0.2, 0.25) is 0 Å². The number of aryl methyl sites for hydroxylation is 3. The molecule has 1 aliphatic rings. The summed E-state index contributed by atoms with van der Waals surface area (Å²) in [6.45, 7) is 0.229. The Balaban J connectivity index is 1.44. The van der Waals surface area contributed by atoms with Crippen molar-refractivity contribution in [3.05, 3.63) is 76.2 Å². The first kappa shape index (κ1) is 20.8. The van der Waals surface area contributed by atoms with Gasteiger partial charge in [0.1, 0.15) is 5.69 Å². The van der Waals surface area contributed by atoms with Crippen molar-refractivity contribution < 1.29 is 14.3 Å². The zero-order chi connectivity index (χ0) is 21.6. The van der Waals surface area contributed by atoms with Gasteiger partial charge in [-0.15, -0.1) is 0 Å². The number of nitrogens with zero attached hydrogens (tertiary/aromatic N) is 2. The molecular formula is C24H25N3O4. The van der Waals surface area contributed by atoms with Crippen LogP contribution in [0.5, 0.6) is 0 Å². The summed E-state index contributed by atoms with van der Waals surface area (Å²) in [5, 5.41) is 2.77. The number of hydrogen-bond acceptors (Lipinski definition) is 5. The molecule has 0 unspecified atom stereocenters. The van der Waals surface area contributed by atoms with E-state index in [9.17, 15) is 14.4 Å². The van der Waals surface area contributed by atoms with Gasteiger partial charge in [0.05, 0.1) is 17.5 Å². The molecule has 0 bridgehead atoms. The van der Waals surface area contributed by atoms with E-state index < -0.39 is 5.97 Å². The molecule has 1 heterocycles. The number of carbonyl (C=O) groups excluding carboxylic acids is 2. The van der Waals surface area contributed by atoms with Crippen LogP contribution in [0.3, 0.4) is 0 Å². The molecule has 1 fully saturated rings. The largest absolute Gasteiger partial charge is 0.456 e. The van der Waals surface area contributed by atoms with Crippen molar-refractivity contribution in [3.63, 3.8) is 0 Å². The van der Waals surface area contributed by atoms with Crippen molar-refractivity contribution in [2.24, 2.45) is 0 Å². The zero-order valence-corrected chi connectivity index (χ0v) is 17.3. The number of benzene rings is 2. The summed E-state index contributed by atoms with van der Waals surface area (Å²) in [5.41, 5.74) is 2.75. The Morgan fingerprint density at radius 2 is 1.77 bits per heavy atom. The van der Waals surface area contributed by atoms with Crippen molar-refractivity contribution in [3.8, 4) is 0 Å². The summed E-state index contributed by atoms with van der Waals surface area (Å²) in [6.07, 6.45) is 2.83. The van der Waals surface area contributed by atoms with Gasteiger partial charge >= 0.3 is 5.97 Å². The monoisotopic (exact) mass is 419 g/mol. The maximum absolute atomic E-state index is 13.1. The molecule has 0 aliphatic heterocycles. The van der Waals surface area contributed by atoms with Crippen LogP contribution in [-0.4, -0.2) is 34.1 Å². The molecule has 0 spiro atoms. The Morgan fingerprint density at radius 1 is 1.03 bits per heavy atom. The molecule has 7 nitrogen and oxygen atoms in total. The standard InChI is InChI=1S/C24H25N3O4/c28-22(25-18-10-11-18)16-31-23(29)13-12-20-24(30)27(15-14-17-6-2-1-3-7-17)21-9-5-4-8-19(21)26-20/h1-9,18H,10-16H2,(H,25,28). The molecule has 0 saturated heterocycles. The highest BCUT2D eigenvalue weighted by Crippen LogP contribution is 2.18. The molecule has 0 atom stereocenters. The van der Waals surface area contributed by atoms with Gasteiger partial charge in [-0.1, -0.05) is 42.5 Å². The van der Waals surface area contributed by atoms with Gasteiger partial charge in [-0.2, -0.15) is 0 Å². The molecule has 2 aromatic carbocycles. The fourth-order valence-electron chi connectivity index (χ4n) is 3.45. The summed E-state index contributed by atoms with van der Waals surface area (Å²) < 4.78 is 6.75. The fourth-order valence-corrected chi connectivity index (χ4v) is 3.45. The third kappa shape index (κ3) is 5.57. The van der Waals surface area contributed by atoms with Crippen LogP contribution in [0.2, 0.25) is 0 Å². The fraction of sp³-hybridized carbons (Fsp3) is 0.333. The van der Waals surface area contributed by atoms with E-state index in [0.717, 1.165) is 23.9 Å². The topological polar surface area (TPSA) is 90.3 Å². The number of hydrogen-bond donors (Lipinski definition) is 1. The Bertz CT molecular complexity index is 1140. The number of nitrogens with one attached hydrogen (secondary N) is 1. The van der Waals surface area contributed by atoms with E-state index in [0.29, 0.717) is 24.2 Å². The minimum atomic E-state index is -0.517. The SMILES string of the molecule is O=C(COC(=O)CCc1nc2ccccc2n(CCc2ccccc2)c1=O)NC1CC1. The minimum absolute atomic E-state index is 0.00399. The first-order chi connectivity index (χ1) is 15.1. The maximum Gasteiger partial charge on any atom is 0.306 e. The van der Waals surface area contributed by atoms with Crippen LogP contribution >= 0.6 is 0 Å². The number of ether oxygens (including phenoxy) is 1. The Labute approximate surface area is 180 Å². The average molecular weight is 419 g/mol. The van der Waals surface area contributed by atoms with Crippen LogP contribution in [0.25, 0.3) is 11.0 Å². The Hall–Kier alpha value is -3.48. The van der Waals surface area contributed by atoms with Crippen LogP contribution in [-0.2, 0) is 33.7 Å². The maximum atomic E-state index is 13.1. The van der Waals surface area contributed by atoms with Crippen molar-refractivity contribution in [2.45, 2.75) is 44.7 Å². The number of amides is 1. The van der Waals surface area contributed by atoms with Gasteiger partial charge in [0.15, 0.2) is 6.61 Å². The molecule has 1 N–H and O–H groups in total. The summed E-state index contributed by atoms with van der Waals surface area (Å²) in [7, 11) is 0. The van der Waals surface area contributed by atoms with Crippen LogP contribution in [0.4, 0.5) is 0 Å². The number of rotatable bonds is 9.